The van der Waals surface area contributed by atoms with E-state index < -0.39 is 39.0 Å². The van der Waals surface area contributed by atoms with Crippen LogP contribution in [0.4, 0.5) is 0 Å². The number of rotatable bonds is 8. The second-order valence-electron chi connectivity index (χ2n) is 6.69. The van der Waals surface area contributed by atoms with E-state index in [1.165, 1.54) is 11.0 Å². The lowest BCUT2D eigenvalue weighted by Crippen LogP contribution is -2.50. The summed E-state index contributed by atoms with van der Waals surface area (Å²) in [6.07, 6.45) is 2.11. The number of ketones is 1. The number of hydrogen-bond acceptors (Lipinski definition) is 6. The molecule has 2 rings (SSSR count). The molecule has 1 N–H and O–H groups in total. The number of thiol groups is 1. The summed E-state index contributed by atoms with van der Waals surface area (Å²) in [5.74, 6) is -2.58. The van der Waals surface area contributed by atoms with Gasteiger partial charge in [-0.2, -0.15) is 12.6 Å². The van der Waals surface area contributed by atoms with Crippen LogP contribution in [-0.4, -0.2) is 54.5 Å². The number of Topliss-reactive ketones (excluding diaryl/α,β-unsaturated/α-hetero) is 1. The van der Waals surface area contributed by atoms with Crippen molar-refractivity contribution in [2.24, 2.45) is 5.92 Å². The van der Waals surface area contributed by atoms with Gasteiger partial charge in [-0.1, -0.05) is 43.3 Å². The fourth-order valence-electron chi connectivity index (χ4n) is 3.12. The van der Waals surface area contributed by atoms with Gasteiger partial charge in [0, 0.05) is 12.1 Å². The first-order valence-electron chi connectivity index (χ1n) is 8.91. The van der Waals surface area contributed by atoms with Crippen LogP contribution in [0.15, 0.2) is 43.0 Å². The number of hydrogen-bond donors (Lipinski definition) is 2. The molecule has 0 bridgehead atoms. The Morgan fingerprint density at radius 1 is 1.32 bits per heavy atom. The Morgan fingerprint density at radius 3 is 2.57 bits per heavy atom. The number of sulfonamides is 1. The highest BCUT2D eigenvalue weighted by Crippen LogP contribution is 2.24. The monoisotopic (exact) mass is 424 g/mol. The van der Waals surface area contributed by atoms with E-state index >= 15 is 0 Å². The zero-order valence-corrected chi connectivity index (χ0v) is 17.3. The molecule has 1 heterocycles. The molecule has 2 unspecified atom stereocenters. The van der Waals surface area contributed by atoms with Crippen molar-refractivity contribution in [3.8, 4) is 0 Å². The summed E-state index contributed by atoms with van der Waals surface area (Å²) in [6.45, 7) is 5.25. The van der Waals surface area contributed by atoms with Crippen LogP contribution in [0, 0.1) is 5.92 Å². The summed E-state index contributed by atoms with van der Waals surface area (Å²) in [5.41, 5.74) is 0.452. The van der Waals surface area contributed by atoms with Crippen LogP contribution in [0.1, 0.15) is 30.1 Å². The summed E-state index contributed by atoms with van der Waals surface area (Å²) in [6, 6.07) is 7.66. The van der Waals surface area contributed by atoms with Crippen LogP contribution in [0.25, 0.3) is 0 Å². The van der Waals surface area contributed by atoms with Crippen molar-refractivity contribution < 1.29 is 22.8 Å². The molecule has 1 saturated heterocycles. The van der Waals surface area contributed by atoms with E-state index in [-0.39, 0.29) is 11.5 Å². The van der Waals surface area contributed by atoms with E-state index in [2.05, 4.69) is 19.2 Å². The SMILES string of the molecule is C=CCS(=O)(=O)NC(=O)[C@@H]1CCCN1C(=O)C(C)C(S)C(=O)c1ccccc1. The lowest BCUT2D eigenvalue weighted by molar-refractivity contribution is -0.140. The Balaban J connectivity index is 2.10. The molecule has 1 aromatic carbocycles. The Labute approximate surface area is 170 Å². The zero-order valence-electron chi connectivity index (χ0n) is 15.6. The minimum Gasteiger partial charge on any atom is -0.330 e. The van der Waals surface area contributed by atoms with Gasteiger partial charge in [-0.15, -0.1) is 6.58 Å². The molecule has 0 saturated carbocycles. The summed E-state index contributed by atoms with van der Waals surface area (Å²) < 4.78 is 25.6. The first-order chi connectivity index (χ1) is 13.2. The average Bonchev–Trinajstić information content (AvgIpc) is 3.16. The molecule has 1 fully saturated rings. The molecular formula is C19H24N2O5S2. The molecule has 1 aliphatic rings. The predicted octanol–water partition coefficient (Wildman–Crippen LogP) is 1.43. The lowest BCUT2D eigenvalue weighted by Gasteiger charge is -2.28. The molecule has 9 heteroatoms. The molecule has 1 aromatic rings. The Kier molecular flexibility index (Phi) is 7.42. The Morgan fingerprint density at radius 2 is 1.96 bits per heavy atom. The fraction of sp³-hybridized carbons (Fsp3) is 0.421. The molecule has 28 heavy (non-hydrogen) atoms. The molecular weight excluding hydrogens is 400 g/mol. The minimum atomic E-state index is -3.83. The van der Waals surface area contributed by atoms with Gasteiger partial charge in [0.25, 0.3) is 5.91 Å². The van der Waals surface area contributed by atoms with E-state index in [4.69, 9.17) is 0 Å². The number of benzene rings is 1. The van der Waals surface area contributed by atoms with Crippen molar-refractivity contribution in [1.82, 2.24) is 9.62 Å². The highest BCUT2D eigenvalue weighted by Gasteiger charge is 2.39. The van der Waals surface area contributed by atoms with Crippen LogP contribution in [-0.2, 0) is 19.6 Å². The second kappa shape index (κ2) is 9.38. The van der Waals surface area contributed by atoms with E-state index in [1.54, 1.807) is 37.3 Å². The van der Waals surface area contributed by atoms with Gasteiger partial charge in [0.2, 0.25) is 15.9 Å². The summed E-state index contributed by atoms with van der Waals surface area (Å²) in [5, 5.41) is -0.872. The number of carbonyl (C=O) groups excluding carboxylic acids is 3. The maximum absolute atomic E-state index is 12.9. The molecule has 2 amide bonds. The van der Waals surface area contributed by atoms with Crippen molar-refractivity contribution in [2.75, 3.05) is 12.3 Å². The van der Waals surface area contributed by atoms with Gasteiger partial charge < -0.3 is 4.90 Å². The van der Waals surface area contributed by atoms with Gasteiger partial charge in [0.1, 0.15) is 6.04 Å². The molecule has 0 radical (unpaired) electrons. The summed E-state index contributed by atoms with van der Waals surface area (Å²) in [4.78, 5) is 39.2. The Hall–Kier alpha value is -2.13. The van der Waals surface area contributed by atoms with Crippen LogP contribution in [0.5, 0.6) is 0 Å². The summed E-state index contributed by atoms with van der Waals surface area (Å²) >= 11 is 4.34. The number of likely N-dealkylation sites (tertiary alicyclic amines) is 1. The van der Waals surface area contributed by atoms with E-state index in [0.717, 1.165) is 0 Å². The number of carbonyl (C=O) groups is 3. The van der Waals surface area contributed by atoms with Crippen molar-refractivity contribution in [2.45, 2.75) is 31.1 Å². The van der Waals surface area contributed by atoms with Crippen molar-refractivity contribution in [3.05, 3.63) is 48.6 Å². The fourth-order valence-corrected chi connectivity index (χ4v) is 4.23. The first kappa shape index (κ1) is 22.2. The summed E-state index contributed by atoms with van der Waals surface area (Å²) in [7, 11) is -3.83. The third-order valence-corrected chi connectivity index (χ3v) is 6.49. The van der Waals surface area contributed by atoms with Crippen LogP contribution in [0.3, 0.4) is 0 Å². The molecule has 3 atom stereocenters. The molecule has 0 aliphatic carbocycles. The normalized spacial score (nSPS) is 18.9. The van der Waals surface area contributed by atoms with Gasteiger partial charge in [0.05, 0.1) is 16.9 Å². The predicted molar refractivity (Wildman–Crippen MR) is 110 cm³/mol. The maximum Gasteiger partial charge on any atom is 0.256 e. The van der Waals surface area contributed by atoms with Gasteiger partial charge in [-0.3, -0.25) is 19.1 Å². The van der Waals surface area contributed by atoms with E-state index in [9.17, 15) is 22.8 Å². The van der Waals surface area contributed by atoms with Gasteiger partial charge in [0.15, 0.2) is 5.78 Å². The molecule has 0 spiro atoms. The number of amides is 2. The third-order valence-electron chi connectivity index (χ3n) is 4.62. The van der Waals surface area contributed by atoms with Crippen LogP contribution in [0.2, 0.25) is 0 Å². The van der Waals surface area contributed by atoms with Crippen molar-refractivity contribution in [3.63, 3.8) is 0 Å². The highest BCUT2D eigenvalue weighted by atomic mass is 32.2. The van der Waals surface area contributed by atoms with Crippen molar-refractivity contribution in [1.29, 1.82) is 0 Å². The third kappa shape index (κ3) is 5.23. The molecule has 1 aliphatic heterocycles. The highest BCUT2D eigenvalue weighted by molar-refractivity contribution is 7.90. The van der Waals surface area contributed by atoms with E-state index in [0.29, 0.717) is 24.9 Å². The Bertz CT molecular complexity index is 854. The molecule has 152 valence electrons. The van der Waals surface area contributed by atoms with Gasteiger partial charge >= 0.3 is 0 Å². The average molecular weight is 425 g/mol. The van der Waals surface area contributed by atoms with Gasteiger partial charge in [-0.05, 0) is 12.8 Å². The lowest BCUT2D eigenvalue weighted by atomic mass is 9.97. The zero-order chi connectivity index (χ0) is 20.9. The topological polar surface area (TPSA) is 101 Å². The maximum atomic E-state index is 12.9. The van der Waals surface area contributed by atoms with E-state index in [1.807, 2.05) is 4.72 Å². The molecule has 7 nitrogen and oxygen atoms in total. The second-order valence-corrected chi connectivity index (χ2v) is 9.01. The van der Waals surface area contributed by atoms with Crippen LogP contribution >= 0.6 is 12.6 Å². The number of nitrogens with one attached hydrogen (secondary N) is 1. The van der Waals surface area contributed by atoms with Gasteiger partial charge in [-0.25, -0.2) is 8.42 Å². The van der Waals surface area contributed by atoms with Crippen LogP contribution < -0.4 is 4.72 Å². The minimum absolute atomic E-state index is 0.279. The number of nitrogens with zero attached hydrogens (tertiary/aromatic N) is 1. The van der Waals surface area contributed by atoms with Crippen molar-refractivity contribution >= 4 is 40.2 Å². The smallest absolute Gasteiger partial charge is 0.256 e. The standard InChI is InChI=1S/C19H24N2O5S2/c1-3-12-28(25,26)20-18(23)15-10-7-11-21(15)19(24)13(2)17(27)16(22)14-8-5-4-6-9-14/h3-6,8-9,13,15,17,27H,1,7,10-12H2,2H3,(H,20,23)/t13?,15-,17?/m0/s1. The first-order valence-corrected chi connectivity index (χ1v) is 11.1. The quantitative estimate of drug-likeness (QED) is 0.374. The largest absolute Gasteiger partial charge is 0.330 e. The molecule has 0 aromatic heterocycles.